The molecule has 0 aromatic rings. The van der Waals surface area contributed by atoms with Gasteiger partial charge in [0.15, 0.2) is 0 Å². The average molecular weight is 212 g/mol. The molecule has 6 heteroatoms. The van der Waals surface area contributed by atoms with Crippen LogP contribution in [0.25, 0.3) is 0 Å². The zero-order valence-corrected chi connectivity index (χ0v) is 8.30. The number of hydrogen-bond acceptors (Lipinski definition) is 2. The molecular formula is C6H13O4PS. The first-order valence-electron chi connectivity index (χ1n) is 2.99. The minimum Gasteiger partial charge on any atom is -0.373 e. The van der Waals surface area contributed by atoms with E-state index in [-0.39, 0.29) is 0 Å². The van der Waals surface area contributed by atoms with Gasteiger partial charge in [-0.1, -0.05) is 12.2 Å². The van der Waals surface area contributed by atoms with Crippen molar-refractivity contribution in [2.45, 2.75) is 0 Å². The van der Waals surface area contributed by atoms with E-state index in [1.54, 1.807) is 12.2 Å². The molecule has 0 radical (unpaired) electrons. The first-order chi connectivity index (χ1) is 5.41. The van der Waals surface area contributed by atoms with Crippen LogP contribution < -0.4 is 0 Å². The number of hydrogen-bond donors (Lipinski definition) is 3. The van der Waals surface area contributed by atoms with Crippen LogP contribution >= 0.6 is 6.72 Å². The fourth-order valence-electron chi connectivity index (χ4n) is 0.235. The topological polar surface area (TPSA) is 69.9 Å². The molecule has 0 atom stereocenters. The van der Waals surface area contributed by atoms with Crippen LogP contribution in [0, 0.1) is 0 Å². The Balaban J connectivity index is 0. The smallest absolute Gasteiger partial charge is 0.319 e. The van der Waals surface area contributed by atoms with Crippen LogP contribution in [-0.4, -0.2) is 27.9 Å². The predicted octanol–water partition coefficient (Wildman–Crippen LogP) is 0.563. The van der Waals surface area contributed by atoms with Crippen LogP contribution in [0.5, 0.6) is 0 Å². The summed E-state index contributed by atoms with van der Waals surface area (Å²) in [6.07, 6.45) is 3.42. The normalized spacial score (nSPS) is 9.58. The van der Waals surface area contributed by atoms with E-state index in [0.717, 1.165) is 0 Å². The summed E-state index contributed by atoms with van der Waals surface area (Å²) in [5, 5.41) is 0. The Labute approximate surface area is 77.1 Å². The van der Waals surface area contributed by atoms with Crippen LogP contribution in [0.3, 0.4) is 0 Å². The van der Waals surface area contributed by atoms with Crippen LogP contribution in [-0.2, 0) is 16.5 Å². The van der Waals surface area contributed by atoms with Crippen molar-refractivity contribution in [3.63, 3.8) is 0 Å². The molecule has 0 rings (SSSR count). The summed E-state index contributed by atoms with van der Waals surface area (Å²) in [6.45, 7) is 4.38. The SMILES string of the molecule is C=CCOCC=C.OP(O)(O)=S. The molecule has 0 fully saturated rings. The average Bonchev–Trinajstić information content (AvgIpc) is 1.85. The van der Waals surface area contributed by atoms with Crippen LogP contribution in [0.4, 0.5) is 0 Å². The van der Waals surface area contributed by atoms with E-state index < -0.39 is 6.72 Å². The van der Waals surface area contributed by atoms with E-state index in [9.17, 15) is 0 Å². The van der Waals surface area contributed by atoms with Gasteiger partial charge >= 0.3 is 6.72 Å². The second kappa shape index (κ2) is 9.06. The van der Waals surface area contributed by atoms with Crippen molar-refractivity contribution in [3.8, 4) is 0 Å². The molecule has 0 aliphatic rings. The summed E-state index contributed by atoms with van der Waals surface area (Å²) in [5.41, 5.74) is 0. The van der Waals surface area contributed by atoms with Gasteiger partial charge in [0, 0.05) is 0 Å². The molecule has 0 unspecified atom stereocenters. The third-order valence-electron chi connectivity index (χ3n) is 0.471. The molecule has 0 aromatic carbocycles. The third kappa shape index (κ3) is 50.9. The van der Waals surface area contributed by atoms with Gasteiger partial charge in [-0.2, -0.15) is 0 Å². The van der Waals surface area contributed by atoms with Gasteiger partial charge in [-0.25, -0.2) is 0 Å². The Hall–Kier alpha value is -0.0300. The van der Waals surface area contributed by atoms with Crippen LogP contribution in [0.1, 0.15) is 0 Å². The Morgan fingerprint density at radius 1 is 1.17 bits per heavy atom. The molecule has 0 bridgehead atoms. The fraction of sp³-hybridized carbons (Fsp3) is 0.333. The molecule has 0 aliphatic heterocycles. The molecule has 0 saturated carbocycles. The minimum atomic E-state index is -3.81. The van der Waals surface area contributed by atoms with Crippen LogP contribution in [0.15, 0.2) is 25.3 Å². The second-order valence-electron chi connectivity index (χ2n) is 1.63. The largest absolute Gasteiger partial charge is 0.373 e. The molecule has 4 nitrogen and oxygen atoms in total. The maximum absolute atomic E-state index is 7.56. The highest BCUT2D eigenvalue weighted by Crippen LogP contribution is 2.26. The van der Waals surface area contributed by atoms with Crippen molar-refractivity contribution in [3.05, 3.63) is 25.3 Å². The van der Waals surface area contributed by atoms with Gasteiger partial charge < -0.3 is 19.4 Å². The maximum Gasteiger partial charge on any atom is 0.319 e. The quantitative estimate of drug-likeness (QED) is 0.361. The third-order valence-corrected chi connectivity index (χ3v) is 0.471. The molecule has 72 valence electrons. The Kier molecular flexibility index (Phi) is 10.9. The highest BCUT2D eigenvalue weighted by molar-refractivity contribution is 8.06. The number of ether oxygens (including phenoxy) is 1. The highest BCUT2D eigenvalue weighted by atomic mass is 32.5. The van der Waals surface area contributed by atoms with Gasteiger partial charge in [-0.05, 0) is 11.8 Å². The van der Waals surface area contributed by atoms with Crippen molar-refractivity contribution in [1.29, 1.82) is 0 Å². The van der Waals surface area contributed by atoms with Gasteiger partial charge in [-0.3, -0.25) is 0 Å². The van der Waals surface area contributed by atoms with E-state index in [0.29, 0.717) is 13.2 Å². The molecule has 0 heterocycles. The summed E-state index contributed by atoms with van der Waals surface area (Å²) in [4.78, 5) is 22.7. The molecule has 0 aromatic heterocycles. The molecule has 0 amide bonds. The molecule has 0 aliphatic carbocycles. The van der Waals surface area contributed by atoms with Crippen molar-refractivity contribution in [2.75, 3.05) is 13.2 Å². The molecule has 0 saturated heterocycles. The summed E-state index contributed by atoms with van der Waals surface area (Å²) in [5.74, 6) is 0. The van der Waals surface area contributed by atoms with E-state index in [4.69, 9.17) is 19.4 Å². The van der Waals surface area contributed by atoms with Gasteiger partial charge in [-0.15, -0.1) is 13.2 Å². The van der Waals surface area contributed by atoms with E-state index in [1.165, 1.54) is 0 Å². The van der Waals surface area contributed by atoms with Crippen LogP contribution in [0.2, 0.25) is 0 Å². The summed E-state index contributed by atoms with van der Waals surface area (Å²) in [7, 11) is 0. The van der Waals surface area contributed by atoms with E-state index in [2.05, 4.69) is 25.0 Å². The molecule has 0 spiro atoms. The summed E-state index contributed by atoms with van der Waals surface area (Å²) < 4.78 is 4.90. The standard InChI is InChI=1S/C6H10O.H3O3PS/c1-3-5-7-6-4-2;1-4(2,3)5/h3-4H,1-2,5-6H2;(H3,1,2,3,5). The first-order valence-corrected chi connectivity index (χ1v) is 5.65. The Morgan fingerprint density at radius 2 is 1.42 bits per heavy atom. The minimum absolute atomic E-state index is 0.617. The van der Waals surface area contributed by atoms with Crippen molar-refractivity contribution in [2.24, 2.45) is 0 Å². The number of rotatable bonds is 4. The zero-order chi connectivity index (χ0) is 10.0. The van der Waals surface area contributed by atoms with Gasteiger partial charge in [0.25, 0.3) is 0 Å². The lowest BCUT2D eigenvalue weighted by molar-refractivity contribution is 0.194. The van der Waals surface area contributed by atoms with Crippen molar-refractivity contribution >= 4 is 18.5 Å². The lowest BCUT2D eigenvalue weighted by Gasteiger charge is -1.89. The molecule has 3 N–H and O–H groups in total. The van der Waals surface area contributed by atoms with Gasteiger partial charge in [0.2, 0.25) is 0 Å². The van der Waals surface area contributed by atoms with E-state index >= 15 is 0 Å². The Morgan fingerprint density at radius 3 is 1.58 bits per heavy atom. The first kappa shape index (κ1) is 14.5. The predicted molar refractivity (Wildman–Crippen MR) is 52.2 cm³/mol. The second-order valence-corrected chi connectivity index (χ2v) is 4.12. The van der Waals surface area contributed by atoms with E-state index in [1.807, 2.05) is 0 Å². The summed E-state index contributed by atoms with van der Waals surface area (Å²) >= 11 is 3.60. The summed E-state index contributed by atoms with van der Waals surface area (Å²) in [6, 6.07) is 0. The Bertz CT molecular complexity index is 149. The molecular weight excluding hydrogens is 199 g/mol. The van der Waals surface area contributed by atoms with Crippen molar-refractivity contribution < 1.29 is 19.4 Å². The fourth-order valence-corrected chi connectivity index (χ4v) is 0.235. The maximum atomic E-state index is 7.56. The van der Waals surface area contributed by atoms with Crippen molar-refractivity contribution in [1.82, 2.24) is 0 Å². The monoisotopic (exact) mass is 212 g/mol. The van der Waals surface area contributed by atoms with Gasteiger partial charge in [0.1, 0.15) is 0 Å². The molecule has 12 heavy (non-hydrogen) atoms. The lowest BCUT2D eigenvalue weighted by Crippen LogP contribution is -1.87. The zero-order valence-electron chi connectivity index (χ0n) is 6.59. The van der Waals surface area contributed by atoms with Gasteiger partial charge in [0.05, 0.1) is 13.2 Å². The lowest BCUT2D eigenvalue weighted by atomic mass is 10.6. The highest BCUT2D eigenvalue weighted by Gasteiger charge is 1.92.